The smallest absolute Gasteiger partial charge is 0.341 e. The van der Waals surface area contributed by atoms with Gasteiger partial charge in [-0.2, -0.15) is 0 Å². The predicted octanol–water partition coefficient (Wildman–Crippen LogP) is 2.20. The molecular formula is C18H25NO6. The Bertz CT molecular complexity index is 586. The second-order valence-electron chi connectivity index (χ2n) is 6.22. The van der Waals surface area contributed by atoms with Gasteiger partial charge in [-0.1, -0.05) is 38.5 Å². The Morgan fingerprint density at radius 2 is 1.64 bits per heavy atom. The minimum atomic E-state index is -1.32. The molecule has 0 bridgehead atoms. The lowest BCUT2D eigenvalue weighted by molar-refractivity contribution is -0.171. The largest absolute Gasteiger partial charge is 0.481 e. The molecule has 0 fully saturated rings. The summed E-state index contributed by atoms with van der Waals surface area (Å²) in [5.41, 5.74) is 6.06. The zero-order chi connectivity index (χ0) is 19.0. The lowest BCUT2D eigenvalue weighted by Crippen LogP contribution is -2.44. The second kappa shape index (κ2) is 9.78. The average molecular weight is 351 g/mol. The fraction of sp³-hybridized carbons (Fsp3) is 0.500. The number of aliphatic carboxylic acids is 1. The molecule has 0 aliphatic heterocycles. The van der Waals surface area contributed by atoms with Crippen LogP contribution in [0.5, 0.6) is 0 Å². The van der Waals surface area contributed by atoms with E-state index in [2.05, 4.69) is 0 Å². The maximum atomic E-state index is 12.1. The normalized spacial score (nSPS) is 14.4. The van der Waals surface area contributed by atoms with E-state index in [9.17, 15) is 19.5 Å². The molecule has 0 radical (unpaired) electrons. The van der Waals surface area contributed by atoms with Crippen LogP contribution in [0.4, 0.5) is 0 Å². The summed E-state index contributed by atoms with van der Waals surface area (Å²) in [6.07, 6.45) is -0.288. The Labute approximate surface area is 147 Å². The first-order valence-corrected chi connectivity index (χ1v) is 8.17. The molecule has 0 spiro atoms. The molecule has 0 aliphatic rings. The molecule has 0 heterocycles. The summed E-state index contributed by atoms with van der Waals surface area (Å²) in [4.78, 5) is 35.3. The van der Waals surface area contributed by atoms with Crippen LogP contribution in [-0.4, -0.2) is 35.3 Å². The first-order valence-electron chi connectivity index (χ1n) is 8.17. The molecule has 1 rings (SSSR count). The maximum absolute atomic E-state index is 12.1. The standard InChI is InChI=1S/C18H25NO6/c1-11(2)9-10-14(16(20)21)15(19)18(23)25-12(3)24-17(22)13-7-5-4-6-8-13/h4-8,11-12,14-15H,9-10,19H2,1-3H3,(H,20,21)/t12-,14?,15?/m0/s1. The molecule has 25 heavy (non-hydrogen) atoms. The highest BCUT2D eigenvalue weighted by molar-refractivity contribution is 5.89. The van der Waals surface area contributed by atoms with E-state index in [-0.39, 0.29) is 12.3 Å². The molecule has 0 amide bonds. The van der Waals surface area contributed by atoms with E-state index in [1.807, 2.05) is 13.8 Å². The van der Waals surface area contributed by atoms with Gasteiger partial charge in [0.15, 0.2) is 0 Å². The SMILES string of the molecule is CC(C)CCC(C(=O)O)C(N)C(=O)O[C@@H](C)OC(=O)c1ccccc1. The molecule has 1 aromatic carbocycles. The summed E-state index contributed by atoms with van der Waals surface area (Å²) >= 11 is 0. The number of hydrogen-bond acceptors (Lipinski definition) is 6. The molecule has 0 aliphatic carbocycles. The average Bonchev–Trinajstić information content (AvgIpc) is 2.54. The van der Waals surface area contributed by atoms with E-state index in [1.165, 1.54) is 6.92 Å². The van der Waals surface area contributed by atoms with Crippen molar-refractivity contribution >= 4 is 17.9 Å². The third-order valence-corrected chi connectivity index (χ3v) is 3.64. The zero-order valence-electron chi connectivity index (χ0n) is 14.7. The summed E-state index contributed by atoms with van der Waals surface area (Å²) in [7, 11) is 0. The first-order chi connectivity index (χ1) is 11.7. The van der Waals surface area contributed by atoms with Crippen molar-refractivity contribution in [3.8, 4) is 0 Å². The maximum Gasteiger partial charge on any atom is 0.341 e. The summed E-state index contributed by atoms with van der Waals surface area (Å²) in [6.45, 7) is 5.27. The van der Waals surface area contributed by atoms with Crippen LogP contribution >= 0.6 is 0 Å². The summed E-state index contributed by atoms with van der Waals surface area (Å²) in [5, 5.41) is 9.26. The molecule has 138 valence electrons. The van der Waals surface area contributed by atoms with Crippen LogP contribution in [0.15, 0.2) is 30.3 Å². The third kappa shape index (κ3) is 6.93. The van der Waals surface area contributed by atoms with Crippen LogP contribution < -0.4 is 5.73 Å². The number of carbonyl (C=O) groups excluding carboxylic acids is 2. The van der Waals surface area contributed by atoms with E-state index >= 15 is 0 Å². The van der Waals surface area contributed by atoms with Gasteiger partial charge in [0.05, 0.1) is 11.5 Å². The molecule has 3 atom stereocenters. The Morgan fingerprint density at radius 3 is 2.16 bits per heavy atom. The second-order valence-corrected chi connectivity index (χ2v) is 6.22. The van der Waals surface area contributed by atoms with Gasteiger partial charge in [0.1, 0.15) is 6.04 Å². The number of benzene rings is 1. The summed E-state index contributed by atoms with van der Waals surface area (Å²) in [5.74, 6) is -3.48. The Balaban J connectivity index is 2.60. The monoisotopic (exact) mass is 351 g/mol. The Morgan fingerprint density at radius 1 is 1.04 bits per heavy atom. The topological polar surface area (TPSA) is 116 Å². The molecule has 7 nitrogen and oxygen atoms in total. The number of nitrogens with two attached hydrogens (primary N) is 1. The predicted molar refractivity (Wildman–Crippen MR) is 90.6 cm³/mol. The van der Waals surface area contributed by atoms with Gasteiger partial charge in [-0.3, -0.25) is 9.59 Å². The van der Waals surface area contributed by atoms with Gasteiger partial charge in [0.2, 0.25) is 6.29 Å². The molecule has 1 aromatic rings. The van der Waals surface area contributed by atoms with Gasteiger partial charge in [-0.05, 0) is 24.5 Å². The molecule has 0 aromatic heterocycles. The number of hydrogen-bond donors (Lipinski definition) is 2. The number of esters is 2. The number of carbonyl (C=O) groups is 3. The molecule has 0 saturated carbocycles. The van der Waals surface area contributed by atoms with Crippen molar-refractivity contribution in [2.24, 2.45) is 17.6 Å². The zero-order valence-corrected chi connectivity index (χ0v) is 14.7. The lowest BCUT2D eigenvalue weighted by atomic mass is 9.92. The lowest BCUT2D eigenvalue weighted by Gasteiger charge is -2.21. The molecule has 0 saturated heterocycles. The van der Waals surface area contributed by atoms with Crippen LogP contribution in [0.3, 0.4) is 0 Å². The van der Waals surface area contributed by atoms with E-state index < -0.39 is 36.2 Å². The molecule has 7 heteroatoms. The fourth-order valence-electron chi connectivity index (χ4n) is 2.19. The summed E-state index contributed by atoms with van der Waals surface area (Å²) < 4.78 is 9.98. The Hall–Kier alpha value is -2.41. The van der Waals surface area contributed by atoms with Crippen molar-refractivity contribution in [2.45, 2.75) is 45.9 Å². The number of carboxylic acids is 1. The van der Waals surface area contributed by atoms with Gasteiger partial charge >= 0.3 is 17.9 Å². The summed E-state index contributed by atoms with van der Waals surface area (Å²) in [6, 6.07) is 6.91. The van der Waals surface area contributed by atoms with Crippen LogP contribution in [0.1, 0.15) is 44.0 Å². The number of carboxylic acid groups (broad SMARTS) is 1. The van der Waals surface area contributed by atoms with Gasteiger partial charge in [-0.15, -0.1) is 0 Å². The van der Waals surface area contributed by atoms with Gasteiger partial charge in [-0.25, -0.2) is 4.79 Å². The number of rotatable bonds is 9. The van der Waals surface area contributed by atoms with E-state index in [0.29, 0.717) is 12.0 Å². The number of ether oxygens (including phenoxy) is 2. The van der Waals surface area contributed by atoms with E-state index in [1.54, 1.807) is 30.3 Å². The molecule has 2 unspecified atom stereocenters. The highest BCUT2D eigenvalue weighted by atomic mass is 16.7. The quantitative estimate of drug-likeness (QED) is 0.517. The highest BCUT2D eigenvalue weighted by Gasteiger charge is 2.33. The highest BCUT2D eigenvalue weighted by Crippen LogP contribution is 2.17. The fourth-order valence-corrected chi connectivity index (χ4v) is 2.19. The first kappa shape index (κ1) is 20.6. The van der Waals surface area contributed by atoms with Gasteiger partial charge < -0.3 is 20.3 Å². The van der Waals surface area contributed by atoms with Gasteiger partial charge in [0.25, 0.3) is 0 Å². The third-order valence-electron chi connectivity index (χ3n) is 3.64. The minimum absolute atomic E-state index is 0.265. The van der Waals surface area contributed by atoms with Crippen LogP contribution in [0.25, 0.3) is 0 Å². The van der Waals surface area contributed by atoms with Crippen LogP contribution in [-0.2, 0) is 19.1 Å². The van der Waals surface area contributed by atoms with Crippen molar-refractivity contribution in [2.75, 3.05) is 0 Å². The van der Waals surface area contributed by atoms with E-state index in [4.69, 9.17) is 15.2 Å². The van der Waals surface area contributed by atoms with Crippen molar-refractivity contribution in [1.29, 1.82) is 0 Å². The van der Waals surface area contributed by atoms with Crippen molar-refractivity contribution < 1.29 is 29.0 Å². The minimum Gasteiger partial charge on any atom is -0.481 e. The van der Waals surface area contributed by atoms with Crippen molar-refractivity contribution in [3.05, 3.63) is 35.9 Å². The van der Waals surface area contributed by atoms with E-state index in [0.717, 1.165) is 0 Å². The van der Waals surface area contributed by atoms with Crippen LogP contribution in [0, 0.1) is 11.8 Å². The molecule has 3 N–H and O–H groups in total. The van der Waals surface area contributed by atoms with Gasteiger partial charge in [0, 0.05) is 6.92 Å². The van der Waals surface area contributed by atoms with Crippen LogP contribution in [0.2, 0.25) is 0 Å². The van der Waals surface area contributed by atoms with Crippen molar-refractivity contribution in [3.63, 3.8) is 0 Å². The molecular weight excluding hydrogens is 326 g/mol. The van der Waals surface area contributed by atoms with Crippen molar-refractivity contribution in [1.82, 2.24) is 0 Å². The Kier molecular flexibility index (Phi) is 8.07.